The number of thiocarbonyl (C=S) groups is 1. The van der Waals surface area contributed by atoms with Crippen LogP contribution < -0.4 is 30.3 Å². The predicted molar refractivity (Wildman–Crippen MR) is 142 cm³/mol. The number of anilines is 3. The van der Waals surface area contributed by atoms with Gasteiger partial charge in [-0.05, 0) is 75.7 Å². The standard InChI is InChI=1S/C25H36N6O2S/c1-31(2)23-19-7-5-6-8-20(19)29-24(30-23)26-16-9-11-17(12-10-16)27-25(34)28-18-13-14-21(32-3)22(15-18)33-4/h13-17H,5-12H2,1-4H3,(H,26,29,30)(H2,27,28,34)/t16-,17+. The Morgan fingerprint density at radius 3 is 2.38 bits per heavy atom. The number of methoxy groups -OCH3 is 2. The van der Waals surface area contributed by atoms with Gasteiger partial charge in [-0.1, -0.05) is 0 Å². The second kappa shape index (κ2) is 11.1. The van der Waals surface area contributed by atoms with E-state index in [1.165, 1.54) is 24.1 Å². The molecule has 0 atom stereocenters. The van der Waals surface area contributed by atoms with Crippen LogP contribution in [0, 0.1) is 0 Å². The van der Waals surface area contributed by atoms with Crippen molar-refractivity contribution in [3.05, 3.63) is 29.5 Å². The summed E-state index contributed by atoms with van der Waals surface area (Å²) >= 11 is 5.55. The molecular weight excluding hydrogens is 448 g/mol. The van der Waals surface area contributed by atoms with Crippen LogP contribution in [0.4, 0.5) is 17.5 Å². The molecule has 1 aromatic carbocycles. The first-order valence-electron chi connectivity index (χ1n) is 12.1. The van der Waals surface area contributed by atoms with E-state index in [4.69, 9.17) is 31.7 Å². The summed E-state index contributed by atoms with van der Waals surface area (Å²) in [6.45, 7) is 0. The lowest BCUT2D eigenvalue weighted by Gasteiger charge is -2.31. The van der Waals surface area contributed by atoms with Crippen LogP contribution in [0.5, 0.6) is 11.5 Å². The smallest absolute Gasteiger partial charge is 0.225 e. The minimum atomic E-state index is 0.347. The zero-order valence-corrected chi connectivity index (χ0v) is 21.4. The molecule has 3 N–H and O–H groups in total. The van der Waals surface area contributed by atoms with Crippen LogP contribution in [-0.4, -0.2) is 55.5 Å². The minimum absolute atomic E-state index is 0.347. The summed E-state index contributed by atoms with van der Waals surface area (Å²) in [4.78, 5) is 11.9. The Morgan fingerprint density at radius 2 is 1.68 bits per heavy atom. The Morgan fingerprint density at radius 1 is 0.971 bits per heavy atom. The van der Waals surface area contributed by atoms with E-state index >= 15 is 0 Å². The fourth-order valence-corrected chi connectivity index (χ4v) is 5.12. The van der Waals surface area contributed by atoms with Crippen molar-refractivity contribution in [3.63, 3.8) is 0 Å². The van der Waals surface area contributed by atoms with Gasteiger partial charge in [0.2, 0.25) is 5.95 Å². The highest BCUT2D eigenvalue weighted by Crippen LogP contribution is 2.31. The van der Waals surface area contributed by atoms with Crippen LogP contribution in [0.25, 0.3) is 0 Å². The molecule has 1 heterocycles. The number of rotatable bonds is 7. The van der Waals surface area contributed by atoms with E-state index in [1.54, 1.807) is 14.2 Å². The van der Waals surface area contributed by atoms with Crippen molar-refractivity contribution in [2.75, 3.05) is 43.8 Å². The number of aryl methyl sites for hydroxylation is 1. The molecule has 0 saturated heterocycles. The van der Waals surface area contributed by atoms with Crippen LogP contribution in [0.2, 0.25) is 0 Å². The number of hydrogen-bond acceptors (Lipinski definition) is 7. The number of aromatic nitrogens is 2. The normalized spacial score (nSPS) is 19.5. The SMILES string of the molecule is COc1ccc(NC(=S)N[C@H]2CC[C@@H](Nc3nc4c(c(N(C)C)n3)CCCC4)CC2)cc1OC. The molecule has 0 bridgehead atoms. The van der Waals surface area contributed by atoms with Gasteiger partial charge in [0.1, 0.15) is 5.82 Å². The first kappa shape index (κ1) is 24.3. The second-order valence-electron chi connectivity index (χ2n) is 9.26. The van der Waals surface area contributed by atoms with Crippen molar-refractivity contribution in [1.82, 2.24) is 15.3 Å². The lowest BCUT2D eigenvalue weighted by molar-refractivity contribution is 0.355. The van der Waals surface area contributed by atoms with Crippen molar-refractivity contribution >= 4 is 34.8 Å². The van der Waals surface area contributed by atoms with E-state index in [1.807, 2.05) is 18.2 Å². The van der Waals surface area contributed by atoms with Gasteiger partial charge in [-0.25, -0.2) is 4.98 Å². The first-order chi connectivity index (χ1) is 16.5. The number of hydrogen-bond donors (Lipinski definition) is 3. The number of nitrogens with one attached hydrogen (secondary N) is 3. The lowest BCUT2D eigenvalue weighted by Crippen LogP contribution is -2.42. The Kier molecular flexibility index (Phi) is 7.92. The van der Waals surface area contributed by atoms with Gasteiger partial charge in [-0.15, -0.1) is 0 Å². The topological polar surface area (TPSA) is 83.6 Å². The average Bonchev–Trinajstić information content (AvgIpc) is 2.84. The molecule has 0 unspecified atom stereocenters. The highest BCUT2D eigenvalue weighted by atomic mass is 32.1. The number of ether oxygens (including phenoxy) is 2. The largest absolute Gasteiger partial charge is 0.493 e. The minimum Gasteiger partial charge on any atom is -0.493 e. The van der Waals surface area contributed by atoms with Crippen LogP contribution in [0.15, 0.2) is 18.2 Å². The summed E-state index contributed by atoms with van der Waals surface area (Å²) in [6.07, 6.45) is 8.75. The second-order valence-corrected chi connectivity index (χ2v) is 9.67. The zero-order chi connectivity index (χ0) is 24.1. The molecule has 0 amide bonds. The average molecular weight is 485 g/mol. The maximum Gasteiger partial charge on any atom is 0.225 e. The van der Waals surface area contributed by atoms with Crippen molar-refractivity contribution < 1.29 is 9.47 Å². The van der Waals surface area contributed by atoms with Crippen molar-refractivity contribution in [2.24, 2.45) is 0 Å². The molecule has 184 valence electrons. The summed E-state index contributed by atoms with van der Waals surface area (Å²) in [6, 6.07) is 6.40. The van der Waals surface area contributed by atoms with E-state index < -0.39 is 0 Å². The molecule has 1 saturated carbocycles. The molecule has 8 nitrogen and oxygen atoms in total. The fraction of sp³-hybridized carbons (Fsp3) is 0.560. The summed E-state index contributed by atoms with van der Waals surface area (Å²) < 4.78 is 10.7. The molecule has 9 heteroatoms. The molecule has 1 fully saturated rings. The molecule has 0 radical (unpaired) electrons. The molecule has 34 heavy (non-hydrogen) atoms. The molecule has 2 aliphatic rings. The van der Waals surface area contributed by atoms with E-state index in [0.717, 1.165) is 56.0 Å². The van der Waals surface area contributed by atoms with E-state index in [2.05, 4.69) is 34.9 Å². The van der Waals surface area contributed by atoms with Gasteiger partial charge >= 0.3 is 0 Å². The first-order valence-corrected chi connectivity index (χ1v) is 12.5. The number of fused-ring (bicyclic) bond motifs is 1. The highest BCUT2D eigenvalue weighted by molar-refractivity contribution is 7.80. The van der Waals surface area contributed by atoms with Crippen molar-refractivity contribution in [3.8, 4) is 11.5 Å². The molecule has 1 aromatic heterocycles. The van der Waals surface area contributed by atoms with Crippen LogP contribution in [0.1, 0.15) is 49.8 Å². The predicted octanol–water partition coefficient (Wildman–Crippen LogP) is 4.15. The number of nitrogens with zero attached hydrogens (tertiary/aromatic N) is 3. The van der Waals surface area contributed by atoms with Gasteiger partial charge in [0.05, 0.1) is 19.9 Å². The van der Waals surface area contributed by atoms with Gasteiger partial charge in [0, 0.05) is 43.5 Å². The van der Waals surface area contributed by atoms with Crippen LogP contribution >= 0.6 is 12.2 Å². The monoisotopic (exact) mass is 484 g/mol. The third-order valence-corrected chi connectivity index (χ3v) is 6.84. The zero-order valence-electron chi connectivity index (χ0n) is 20.6. The van der Waals surface area contributed by atoms with Crippen molar-refractivity contribution in [1.29, 1.82) is 0 Å². The molecule has 2 aromatic rings. The van der Waals surface area contributed by atoms with Crippen molar-refractivity contribution in [2.45, 2.75) is 63.5 Å². The third-order valence-electron chi connectivity index (χ3n) is 6.62. The summed E-state index contributed by atoms with van der Waals surface area (Å²) in [7, 11) is 7.39. The Hall–Kier alpha value is -2.81. The number of benzene rings is 1. The molecular formula is C25H36N6O2S. The van der Waals surface area contributed by atoms with Gasteiger partial charge in [-0.2, -0.15) is 4.98 Å². The van der Waals surface area contributed by atoms with Crippen LogP contribution in [0.3, 0.4) is 0 Å². The quantitative estimate of drug-likeness (QED) is 0.502. The maximum absolute atomic E-state index is 5.55. The molecule has 0 spiro atoms. The van der Waals surface area contributed by atoms with E-state index in [0.29, 0.717) is 28.7 Å². The summed E-state index contributed by atoms with van der Waals surface area (Å²) in [5.74, 6) is 3.20. The third kappa shape index (κ3) is 5.81. The molecule has 0 aliphatic heterocycles. The van der Waals surface area contributed by atoms with E-state index in [9.17, 15) is 0 Å². The maximum atomic E-state index is 5.55. The lowest BCUT2D eigenvalue weighted by atomic mass is 9.91. The molecule has 4 rings (SSSR count). The van der Waals surface area contributed by atoms with Gasteiger partial charge in [0.15, 0.2) is 16.6 Å². The molecule has 2 aliphatic carbocycles. The van der Waals surface area contributed by atoms with Crippen LogP contribution in [-0.2, 0) is 12.8 Å². The highest BCUT2D eigenvalue weighted by Gasteiger charge is 2.24. The Balaban J connectivity index is 1.29. The van der Waals surface area contributed by atoms with Gasteiger partial charge in [-0.3, -0.25) is 0 Å². The summed E-state index contributed by atoms with van der Waals surface area (Å²) in [5.41, 5.74) is 3.41. The fourth-order valence-electron chi connectivity index (χ4n) is 4.84. The van der Waals surface area contributed by atoms with Gasteiger partial charge in [0.25, 0.3) is 0 Å². The Labute approximate surface area is 207 Å². The summed E-state index contributed by atoms with van der Waals surface area (Å²) in [5, 5.41) is 11.0. The van der Waals surface area contributed by atoms with Gasteiger partial charge < -0.3 is 30.3 Å². The van der Waals surface area contributed by atoms with E-state index in [-0.39, 0.29) is 0 Å². The Bertz CT molecular complexity index is 1010.